The van der Waals surface area contributed by atoms with Crippen LogP contribution in [0.3, 0.4) is 0 Å². The molecule has 0 radical (unpaired) electrons. The van der Waals surface area contributed by atoms with Crippen LogP contribution >= 0.6 is 12.4 Å². The molecule has 1 saturated heterocycles. The zero-order chi connectivity index (χ0) is 23.9. The van der Waals surface area contributed by atoms with Gasteiger partial charge >= 0.3 is 0 Å². The Kier molecular flexibility index (Phi) is 4.93. The van der Waals surface area contributed by atoms with E-state index in [-0.39, 0.29) is 46.4 Å². The summed E-state index contributed by atoms with van der Waals surface area (Å²) in [6.07, 6.45) is 7.64. The molecular weight excluding hydrogens is 462 g/mol. The molecule has 2 N–H and O–H groups in total. The van der Waals surface area contributed by atoms with Crippen molar-refractivity contribution in [2.75, 3.05) is 20.2 Å². The molecule has 1 aromatic rings. The van der Waals surface area contributed by atoms with E-state index in [0.29, 0.717) is 11.8 Å². The van der Waals surface area contributed by atoms with Crippen molar-refractivity contribution >= 4 is 12.4 Å². The minimum absolute atomic E-state index is 0. The van der Waals surface area contributed by atoms with E-state index < -0.39 is 11.2 Å². The van der Waals surface area contributed by atoms with E-state index in [1.54, 1.807) is 0 Å². The van der Waals surface area contributed by atoms with Gasteiger partial charge in [-0.1, -0.05) is 26.8 Å². The zero-order valence-corrected chi connectivity index (χ0v) is 22.7. The predicted molar refractivity (Wildman–Crippen MR) is 137 cm³/mol. The molecule has 5 nitrogen and oxygen atoms in total. The molecule has 194 valence electrons. The van der Waals surface area contributed by atoms with E-state index in [1.807, 2.05) is 20.1 Å². The summed E-state index contributed by atoms with van der Waals surface area (Å²) in [4.78, 5) is 2.82. The summed E-state index contributed by atoms with van der Waals surface area (Å²) < 4.78 is 13.5. The molecule has 35 heavy (non-hydrogen) atoms. The van der Waals surface area contributed by atoms with Crippen LogP contribution in [-0.4, -0.2) is 58.7 Å². The maximum Gasteiger partial charge on any atom is 0.165 e. The van der Waals surface area contributed by atoms with Crippen molar-refractivity contribution in [1.82, 2.24) is 4.90 Å². The molecule has 2 aliphatic heterocycles. The van der Waals surface area contributed by atoms with Gasteiger partial charge in [-0.05, 0) is 81.4 Å². The first-order chi connectivity index (χ1) is 16.0. The quantitative estimate of drug-likeness (QED) is 0.616. The van der Waals surface area contributed by atoms with Crippen LogP contribution in [0.25, 0.3) is 0 Å². The minimum Gasteiger partial charge on any atom is -0.504 e. The number of phenolic OH excluding ortho intramolecular Hbond substituents is 1. The van der Waals surface area contributed by atoms with E-state index in [1.165, 1.54) is 30.5 Å². The molecule has 7 atom stereocenters. The summed E-state index contributed by atoms with van der Waals surface area (Å²) in [6, 6.07) is 4.46. The van der Waals surface area contributed by atoms with Gasteiger partial charge in [0.15, 0.2) is 11.5 Å². The molecule has 8 rings (SSSR count). The van der Waals surface area contributed by atoms with Crippen molar-refractivity contribution < 1.29 is 19.7 Å². The third-order valence-electron chi connectivity index (χ3n) is 11.9. The summed E-state index contributed by atoms with van der Waals surface area (Å²) in [5.74, 6) is 1.80. The van der Waals surface area contributed by atoms with Gasteiger partial charge in [0.25, 0.3) is 0 Å². The van der Waals surface area contributed by atoms with Gasteiger partial charge in [-0.2, -0.15) is 0 Å². The third kappa shape index (κ3) is 2.62. The molecule has 7 aliphatic rings. The number of aliphatic hydroxyl groups is 1. The van der Waals surface area contributed by atoms with Crippen molar-refractivity contribution in [3.05, 3.63) is 23.3 Å². The Morgan fingerprint density at radius 3 is 2.54 bits per heavy atom. The maximum atomic E-state index is 12.2. The molecule has 5 aliphatic carbocycles. The molecule has 4 saturated carbocycles. The average Bonchev–Trinajstić information content (AvgIpc) is 3.53. The number of likely N-dealkylation sites (tertiary alicyclic amines) is 1. The normalized spacial score (nSPS) is 42.6. The zero-order valence-electron chi connectivity index (χ0n) is 21.9. The fourth-order valence-electron chi connectivity index (χ4n) is 9.58. The fraction of sp³-hybridized carbons (Fsp3) is 0.793. The van der Waals surface area contributed by atoms with Gasteiger partial charge in [-0.3, -0.25) is 4.90 Å². The lowest BCUT2D eigenvalue weighted by Gasteiger charge is -2.75. The lowest BCUT2D eigenvalue weighted by molar-refractivity contribution is -0.312. The first-order valence-electron chi connectivity index (χ1n) is 13.6. The van der Waals surface area contributed by atoms with Crippen LogP contribution in [0, 0.1) is 22.7 Å². The maximum absolute atomic E-state index is 12.2. The molecule has 2 spiro atoms. The Bertz CT molecular complexity index is 1060. The van der Waals surface area contributed by atoms with E-state index in [4.69, 9.17) is 9.47 Å². The molecule has 0 aromatic heterocycles. The highest BCUT2D eigenvalue weighted by atomic mass is 35.5. The molecule has 2 unspecified atom stereocenters. The smallest absolute Gasteiger partial charge is 0.165 e. The SMILES string of the molecule is COC12CC[C@@]3(C[C@@H]1C(C)(O)C(C)(C)C)[C@H]1Cc4ccc(O)c5c4[C@@]3(CCN1CC1CC1)[C@H]2O5.Cl. The molecule has 1 aromatic carbocycles. The average molecular weight is 504 g/mol. The molecule has 6 heteroatoms. The highest BCUT2D eigenvalue weighted by Gasteiger charge is 2.82. The number of rotatable bonds is 4. The predicted octanol–water partition coefficient (Wildman–Crippen LogP) is 4.84. The van der Waals surface area contributed by atoms with Crippen molar-refractivity contribution in [2.24, 2.45) is 22.7 Å². The van der Waals surface area contributed by atoms with Gasteiger partial charge in [-0.15, -0.1) is 12.4 Å². The summed E-state index contributed by atoms with van der Waals surface area (Å²) in [5.41, 5.74) is 0.783. The van der Waals surface area contributed by atoms with E-state index in [2.05, 4.69) is 31.7 Å². The number of hydrogen-bond donors (Lipinski definition) is 2. The number of phenols is 1. The number of fused-ring (bicyclic) bond motifs is 2. The van der Waals surface area contributed by atoms with Gasteiger partial charge in [-0.25, -0.2) is 0 Å². The van der Waals surface area contributed by atoms with Crippen LogP contribution in [0.15, 0.2) is 12.1 Å². The van der Waals surface area contributed by atoms with Crippen LogP contribution in [0.4, 0.5) is 0 Å². The van der Waals surface area contributed by atoms with Gasteiger partial charge in [0.1, 0.15) is 11.7 Å². The second-order valence-corrected chi connectivity index (χ2v) is 13.8. The van der Waals surface area contributed by atoms with Crippen molar-refractivity contribution in [3.8, 4) is 11.5 Å². The first-order valence-corrected chi connectivity index (χ1v) is 13.6. The van der Waals surface area contributed by atoms with Crippen LogP contribution in [0.5, 0.6) is 11.5 Å². The second-order valence-electron chi connectivity index (χ2n) is 13.8. The van der Waals surface area contributed by atoms with Crippen LogP contribution in [0.1, 0.15) is 77.3 Å². The van der Waals surface area contributed by atoms with E-state index in [0.717, 1.165) is 44.6 Å². The van der Waals surface area contributed by atoms with Gasteiger partial charge < -0.3 is 19.7 Å². The number of piperidine rings is 1. The number of hydrogen-bond acceptors (Lipinski definition) is 5. The number of halogens is 1. The summed E-state index contributed by atoms with van der Waals surface area (Å²) >= 11 is 0. The van der Waals surface area contributed by atoms with Crippen molar-refractivity contribution in [1.29, 1.82) is 0 Å². The monoisotopic (exact) mass is 503 g/mol. The Labute approximate surface area is 216 Å². The van der Waals surface area contributed by atoms with E-state index >= 15 is 0 Å². The van der Waals surface area contributed by atoms with Gasteiger partial charge in [0, 0.05) is 42.0 Å². The standard InChI is InChI=1S/C29H41NO4.ClH/c1-25(2,3)26(4,32)20-15-27-10-11-29(20,33-5)24-28(27)12-13-30(16-17-6-7-17)21(27)14-18-8-9-19(31)23(34-24)22(18)28;/h8-9,17,20-21,24,31-32H,6-7,10-16H2,1-5H3;1H/t20-,21-,24-,26?,27-,28+,29?;/m1./s1. The van der Waals surface area contributed by atoms with Gasteiger partial charge in [0.05, 0.1) is 5.60 Å². The molecule has 4 bridgehead atoms. The largest absolute Gasteiger partial charge is 0.504 e. The topological polar surface area (TPSA) is 62.2 Å². The van der Waals surface area contributed by atoms with E-state index in [9.17, 15) is 10.2 Å². The summed E-state index contributed by atoms with van der Waals surface area (Å²) in [7, 11) is 1.83. The Hall–Kier alpha value is -1.01. The van der Waals surface area contributed by atoms with Crippen LogP contribution in [0.2, 0.25) is 0 Å². The number of ether oxygens (including phenoxy) is 2. The first kappa shape index (κ1) is 24.3. The third-order valence-corrected chi connectivity index (χ3v) is 11.9. The van der Waals surface area contributed by atoms with Gasteiger partial charge in [0.2, 0.25) is 0 Å². The lowest BCUT2D eigenvalue weighted by atomic mass is 9.33. The fourth-order valence-corrected chi connectivity index (χ4v) is 9.58. The van der Waals surface area contributed by atoms with Crippen molar-refractivity contribution in [2.45, 2.75) is 101 Å². The lowest BCUT2D eigenvalue weighted by Crippen LogP contribution is -2.83. The minimum atomic E-state index is -0.909. The highest BCUT2D eigenvalue weighted by molar-refractivity contribution is 5.85. The molecule has 0 amide bonds. The van der Waals surface area contributed by atoms with Crippen molar-refractivity contribution in [3.63, 3.8) is 0 Å². The Balaban J connectivity index is 0.00000229. The summed E-state index contributed by atoms with van der Waals surface area (Å²) in [5, 5.41) is 23.2. The Morgan fingerprint density at radius 1 is 1.14 bits per heavy atom. The molecule has 2 heterocycles. The molecular formula is C29H42ClNO4. The van der Waals surface area contributed by atoms with Crippen LogP contribution < -0.4 is 4.74 Å². The summed E-state index contributed by atoms with van der Waals surface area (Å²) in [6.45, 7) is 10.8. The number of nitrogens with zero attached hydrogens (tertiary/aromatic N) is 1. The van der Waals surface area contributed by atoms with Crippen LogP contribution in [-0.2, 0) is 16.6 Å². The highest BCUT2D eigenvalue weighted by Crippen LogP contribution is 2.78. The second kappa shape index (κ2) is 7.09. The molecule has 5 fully saturated rings. The number of aromatic hydroxyl groups is 1. The number of methoxy groups -OCH3 is 1. The number of benzene rings is 1. The Morgan fingerprint density at radius 2 is 1.89 bits per heavy atom.